The maximum absolute atomic E-state index is 6.39. The first-order valence-electron chi connectivity index (χ1n) is 6.89. The topological polar surface area (TPSA) is 26.0 Å². The van der Waals surface area contributed by atoms with Crippen molar-refractivity contribution in [1.82, 2.24) is 0 Å². The van der Waals surface area contributed by atoms with Crippen LogP contribution in [0.2, 0.25) is 5.02 Å². The van der Waals surface area contributed by atoms with Gasteiger partial charge in [0.1, 0.15) is 0 Å². The number of benzene rings is 2. The molecular weight excluding hydrogens is 286 g/mol. The minimum atomic E-state index is 0.0796. The van der Waals surface area contributed by atoms with Crippen LogP contribution in [-0.4, -0.2) is 0 Å². The molecule has 0 radical (unpaired) electrons. The standard InChI is InChI=1S/C17H20ClNS/c1-3-12(2)17(19)15-6-4-5-7-16(15)20-14-10-8-13(18)9-11-14/h4-12,17H,3,19H2,1-2H3/t12?,17-/m1/s1. The van der Waals surface area contributed by atoms with E-state index >= 15 is 0 Å². The molecule has 0 bridgehead atoms. The van der Waals surface area contributed by atoms with Gasteiger partial charge in [-0.25, -0.2) is 0 Å². The third kappa shape index (κ3) is 3.78. The van der Waals surface area contributed by atoms with Crippen molar-refractivity contribution in [3.63, 3.8) is 0 Å². The van der Waals surface area contributed by atoms with Crippen LogP contribution in [-0.2, 0) is 0 Å². The smallest absolute Gasteiger partial charge is 0.0406 e. The van der Waals surface area contributed by atoms with E-state index in [1.165, 1.54) is 15.4 Å². The van der Waals surface area contributed by atoms with Crippen LogP contribution in [0, 0.1) is 5.92 Å². The Balaban J connectivity index is 2.25. The third-order valence-corrected chi connectivity index (χ3v) is 4.93. The molecule has 20 heavy (non-hydrogen) atoms. The Bertz CT molecular complexity index is 553. The predicted molar refractivity (Wildman–Crippen MR) is 88.4 cm³/mol. The van der Waals surface area contributed by atoms with E-state index in [0.717, 1.165) is 11.4 Å². The fourth-order valence-electron chi connectivity index (χ4n) is 2.04. The van der Waals surface area contributed by atoms with E-state index in [2.05, 4.69) is 38.1 Å². The van der Waals surface area contributed by atoms with Crippen LogP contribution in [0.25, 0.3) is 0 Å². The molecule has 2 aromatic rings. The predicted octanol–water partition coefficient (Wildman–Crippen LogP) is 5.54. The van der Waals surface area contributed by atoms with Crippen molar-refractivity contribution in [3.8, 4) is 0 Å². The van der Waals surface area contributed by atoms with E-state index in [1.807, 2.05) is 24.3 Å². The molecule has 2 N–H and O–H groups in total. The summed E-state index contributed by atoms with van der Waals surface area (Å²) in [4.78, 5) is 2.40. The first-order chi connectivity index (χ1) is 9.61. The van der Waals surface area contributed by atoms with Crippen molar-refractivity contribution >= 4 is 23.4 Å². The lowest BCUT2D eigenvalue weighted by atomic mass is 9.93. The fraction of sp³-hybridized carbons (Fsp3) is 0.294. The molecule has 0 spiro atoms. The number of rotatable bonds is 5. The molecule has 106 valence electrons. The average Bonchev–Trinajstić information content (AvgIpc) is 2.48. The highest BCUT2D eigenvalue weighted by molar-refractivity contribution is 7.99. The summed E-state index contributed by atoms with van der Waals surface area (Å²) in [5.41, 5.74) is 7.62. The molecule has 3 heteroatoms. The van der Waals surface area contributed by atoms with Crippen LogP contribution in [0.5, 0.6) is 0 Å². The van der Waals surface area contributed by atoms with Gasteiger partial charge in [0, 0.05) is 20.9 Å². The molecule has 0 aromatic heterocycles. The van der Waals surface area contributed by atoms with Crippen molar-refractivity contribution < 1.29 is 0 Å². The molecule has 0 heterocycles. The second kappa shape index (κ2) is 7.16. The fourth-order valence-corrected chi connectivity index (χ4v) is 3.16. The van der Waals surface area contributed by atoms with Crippen LogP contribution in [0.4, 0.5) is 0 Å². The summed E-state index contributed by atoms with van der Waals surface area (Å²) in [7, 11) is 0. The summed E-state index contributed by atoms with van der Waals surface area (Å²) in [5, 5.41) is 0.763. The maximum atomic E-state index is 6.39. The van der Waals surface area contributed by atoms with E-state index in [0.29, 0.717) is 5.92 Å². The second-order valence-corrected chi connectivity index (χ2v) is 6.56. The molecule has 0 aliphatic rings. The third-order valence-electron chi connectivity index (χ3n) is 3.58. The number of hydrogen-bond donors (Lipinski definition) is 1. The summed E-state index contributed by atoms with van der Waals surface area (Å²) in [6, 6.07) is 16.4. The molecule has 1 nitrogen and oxygen atoms in total. The van der Waals surface area contributed by atoms with Gasteiger partial charge in [0.2, 0.25) is 0 Å². The molecule has 0 saturated heterocycles. The van der Waals surface area contributed by atoms with Gasteiger partial charge in [-0.2, -0.15) is 0 Å². The molecular formula is C17H20ClNS. The highest BCUT2D eigenvalue weighted by atomic mass is 35.5. The van der Waals surface area contributed by atoms with E-state index < -0.39 is 0 Å². The first-order valence-corrected chi connectivity index (χ1v) is 8.09. The molecule has 0 saturated carbocycles. The van der Waals surface area contributed by atoms with Crippen LogP contribution < -0.4 is 5.73 Å². The van der Waals surface area contributed by atoms with E-state index in [1.54, 1.807) is 11.8 Å². The average molecular weight is 306 g/mol. The number of halogens is 1. The summed E-state index contributed by atoms with van der Waals surface area (Å²) in [5.74, 6) is 0.474. The largest absolute Gasteiger partial charge is 0.324 e. The summed E-state index contributed by atoms with van der Waals surface area (Å²) >= 11 is 7.67. The Kier molecular flexibility index (Phi) is 5.53. The zero-order valence-electron chi connectivity index (χ0n) is 11.8. The van der Waals surface area contributed by atoms with Gasteiger partial charge in [0.25, 0.3) is 0 Å². The molecule has 0 aliphatic heterocycles. The van der Waals surface area contributed by atoms with Crippen LogP contribution in [0.15, 0.2) is 58.3 Å². The Hall–Kier alpha value is -0.960. The lowest BCUT2D eigenvalue weighted by Crippen LogP contribution is -2.19. The second-order valence-electron chi connectivity index (χ2n) is 5.01. The van der Waals surface area contributed by atoms with Crippen molar-refractivity contribution in [3.05, 3.63) is 59.1 Å². The minimum absolute atomic E-state index is 0.0796. The van der Waals surface area contributed by atoms with Crippen LogP contribution >= 0.6 is 23.4 Å². The normalized spacial score (nSPS) is 14.0. The first kappa shape index (κ1) is 15.4. The van der Waals surface area contributed by atoms with Crippen LogP contribution in [0.3, 0.4) is 0 Å². The van der Waals surface area contributed by atoms with Gasteiger partial charge in [0.05, 0.1) is 0 Å². The summed E-state index contributed by atoms with van der Waals surface area (Å²) in [6.07, 6.45) is 1.08. The Morgan fingerprint density at radius 3 is 2.40 bits per heavy atom. The molecule has 0 aliphatic carbocycles. The van der Waals surface area contributed by atoms with Crippen molar-refractivity contribution in [1.29, 1.82) is 0 Å². The molecule has 1 unspecified atom stereocenters. The zero-order valence-corrected chi connectivity index (χ0v) is 13.4. The van der Waals surface area contributed by atoms with Gasteiger partial charge in [0.15, 0.2) is 0 Å². The summed E-state index contributed by atoms with van der Waals surface area (Å²) < 4.78 is 0. The highest BCUT2D eigenvalue weighted by Crippen LogP contribution is 2.35. The van der Waals surface area contributed by atoms with E-state index in [-0.39, 0.29) is 6.04 Å². The quantitative estimate of drug-likeness (QED) is 0.785. The number of hydrogen-bond acceptors (Lipinski definition) is 2. The van der Waals surface area contributed by atoms with E-state index in [4.69, 9.17) is 17.3 Å². The molecule has 0 amide bonds. The monoisotopic (exact) mass is 305 g/mol. The van der Waals surface area contributed by atoms with Gasteiger partial charge in [-0.05, 0) is 41.8 Å². The highest BCUT2D eigenvalue weighted by Gasteiger charge is 2.16. The Morgan fingerprint density at radius 2 is 1.75 bits per heavy atom. The lowest BCUT2D eigenvalue weighted by molar-refractivity contribution is 0.452. The maximum Gasteiger partial charge on any atom is 0.0406 e. The van der Waals surface area contributed by atoms with Crippen molar-refractivity contribution in [2.75, 3.05) is 0 Å². The Labute approximate surface area is 130 Å². The Morgan fingerprint density at radius 1 is 1.10 bits per heavy atom. The SMILES string of the molecule is CCC(C)[C@@H](N)c1ccccc1Sc1ccc(Cl)cc1. The van der Waals surface area contributed by atoms with Gasteiger partial charge in [-0.3, -0.25) is 0 Å². The zero-order chi connectivity index (χ0) is 14.5. The summed E-state index contributed by atoms with van der Waals surface area (Å²) in [6.45, 7) is 4.38. The van der Waals surface area contributed by atoms with E-state index in [9.17, 15) is 0 Å². The van der Waals surface area contributed by atoms with Gasteiger partial charge < -0.3 is 5.73 Å². The minimum Gasteiger partial charge on any atom is -0.324 e. The molecule has 2 aromatic carbocycles. The van der Waals surface area contributed by atoms with Crippen molar-refractivity contribution in [2.45, 2.75) is 36.1 Å². The van der Waals surface area contributed by atoms with Gasteiger partial charge in [-0.15, -0.1) is 0 Å². The van der Waals surface area contributed by atoms with Crippen LogP contribution in [0.1, 0.15) is 31.9 Å². The molecule has 2 atom stereocenters. The molecule has 2 rings (SSSR count). The van der Waals surface area contributed by atoms with Crippen molar-refractivity contribution in [2.24, 2.45) is 11.7 Å². The number of nitrogens with two attached hydrogens (primary N) is 1. The molecule has 0 fully saturated rings. The lowest BCUT2D eigenvalue weighted by Gasteiger charge is -2.21. The van der Waals surface area contributed by atoms with Gasteiger partial charge >= 0.3 is 0 Å². The van der Waals surface area contributed by atoms with Gasteiger partial charge in [-0.1, -0.05) is 61.8 Å².